The summed E-state index contributed by atoms with van der Waals surface area (Å²) in [6, 6.07) is 20.3. The molecular weight excluding hydrogens is 503 g/mol. The highest BCUT2D eigenvalue weighted by Crippen LogP contribution is 2.50. The van der Waals surface area contributed by atoms with Crippen LogP contribution in [-0.2, 0) is 0 Å². The first kappa shape index (κ1) is 25.9. The Kier molecular flexibility index (Phi) is 8.26. The van der Waals surface area contributed by atoms with E-state index in [-0.39, 0.29) is 6.04 Å². The van der Waals surface area contributed by atoms with Crippen molar-refractivity contribution in [1.29, 1.82) is 0 Å². The van der Waals surface area contributed by atoms with Crippen molar-refractivity contribution in [1.82, 2.24) is 5.01 Å². The molecule has 2 heterocycles. The summed E-state index contributed by atoms with van der Waals surface area (Å²) in [5, 5.41) is 8.22. The fraction of sp³-hybridized carbons (Fsp3) is 0.387. The van der Waals surface area contributed by atoms with E-state index in [1.807, 2.05) is 18.2 Å². The molecule has 37 heavy (non-hydrogen) atoms. The molecule has 0 bridgehead atoms. The van der Waals surface area contributed by atoms with Crippen molar-refractivity contribution in [3.8, 4) is 11.5 Å². The van der Waals surface area contributed by atoms with Gasteiger partial charge in [-0.05, 0) is 55.3 Å². The Balaban J connectivity index is 1.35. The quantitative estimate of drug-likeness (QED) is 0.242. The minimum absolute atomic E-state index is 0.00936. The summed E-state index contributed by atoms with van der Waals surface area (Å²) in [4.78, 5) is 0. The van der Waals surface area contributed by atoms with E-state index >= 15 is 0 Å². The summed E-state index contributed by atoms with van der Waals surface area (Å²) in [6.07, 6.45) is 7.86. The van der Waals surface area contributed by atoms with Crippen LogP contribution in [0.3, 0.4) is 0 Å². The van der Waals surface area contributed by atoms with Gasteiger partial charge in [-0.15, -0.1) is 0 Å². The van der Waals surface area contributed by atoms with E-state index < -0.39 is 6.23 Å². The fourth-order valence-corrected chi connectivity index (χ4v) is 5.61. The second kappa shape index (κ2) is 11.8. The van der Waals surface area contributed by atoms with Crippen LogP contribution in [-0.4, -0.2) is 17.3 Å². The highest BCUT2D eigenvalue weighted by Gasteiger charge is 2.42. The van der Waals surface area contributed by atoms with E-state index in [9.17, 15) is 0 Å². The molecule has 0 aromatic heterocycles. The Hall–Kier alpha value is -2.69. The van der Waals surface area contributed by atoms with Crippen LogP contribution in [0.15, 0.2) is 65.8 Å². The van der Waals surface area contributed by atoms with Gasteiger partial charge in [-0.1, -0.05) is 92.1 Å². The number of nitrogens with zero attached hydrogens (tertiary/aromatic N) is 2. The first-order valence-corrected chi connectivity index (χ1v) is 14.1. The largest absolute Gasteiger partial charge is 0.494 e. The maximum absolute atomic E-state index is 6.61. The van der Waals surface area contributed by atoms with Crippen LogP contribution in [0.5, 0.6) is 11.5 Å². The van der Waals surface area contributed by atoms with Gasteiger partial charge in [-0.25, -0.2) is 5.01 Å². The van der Waals surface area contributed by atoms with Crippen molar-refractivity contribution < 1.29 is 9.47 Å². The molecule has 6 heteroatoms. The molecule has 3 aromatic carbocycles. The molecule has 0 saturated heterocycles. The first-order valence-electron chi connectivity index (χ1n) is 13.3. The van der Waals surface area contributed by atoms with Gasteiger partial charge in [0.05, 0.1) is 23.4 Å². The molecule has 2 unspecified atom stereocenters. The smallest absolute Gasteiger partial charge is 0.213 e. The van der Waals surface area contributed by atoms with Gasteiger partial charge in [0.2, 0.25) is 6.23 Å². The molecule has 0 aliphatic carbocycles. The number of fused-ring (bicyclic) bond motifs is 3. The van der Waals surface area contributed by atoms with Crippen molar-refractivity contribution in [2.24, 2.45) is 5.10 Å². The zero-order chi connectivity index (χ0) is 25.8. The first-order chi connectivity index (χ1) is 18.0. The molecular formula is C31H34Cl2N2O2. The monoisotopic (exact) mass is 536 g/mol. The van der Waals surface area contributed by atoms with Crippen LogP contribution in [0.4, 0.5) is 0 Å². The molecule has 2 aliphatic heterocycles. The van der Waals surface area contributed by atoms with Crippen molar-refractivity contribution >= 4 is 28.9 Å². The molecule has 3 aromatic rings. The van der Waals surface area contributed by atoms with E-state index in [0.717, 1.165) is 47.6 Å². The highest BCUT2D eigenvalue weighted by molar-refractivity contribution is 6.35. The van der Waals surface area contributed by atoms with E-state index in [4.69, 9.17) is 37.8 Å². The Labute approximate surface area is 230 Å². The van der Waals surface area contributed by atoms with Crippen LogP contribution < -0.4 is 9.47 Å². The summed E-state index contributed by atoms with van der Waals surface area (Å²) >= 11 is 13.0. The van der Waals surface area contributed by atoms with Crippen LogP contribution in [0, 0.1) is 6.92 Å². The third kappa shape index (κ3) is 5.91. The maximum Gasteiger partial charge on any atom is 0.213 e. The van der Waals surface area contributed by atoms with Crippen LogP contribution in [0.1, 0.15) is 86.4 Å². The van der Waals surface area contributed by atoms with Gasteiger partial charge in [-0.3, -0.25) is 0 Å². The number of aryl methyl sites for hydroxylation is 1. The Morgan fingerprint density at radius 1 is 0.946 bits per heavy atom. The predicted octanol–water partition coefficient (Wildman–Crippen LogP) is 9.28. The minimum atomic E-state index is -0.397. The van der Waals surface area contributed by atoms with Gasteiger partial charge < -0.3 is 9.47 Å². The van der Waals surface area contributed by atoms with Gasteiger partial charge >= 0.3 is 0 Å². The van der Waals surface area contributed by atoms with E-state index in [0.29, 0.717) is 15.8 Å². The van der Waals surface area contributed by atoms with Crippen LogP contribution in [0.25, 0.3) is 0 Å². The molecule has 0 N–H and O–H groups in total. The third-order valence-electron chi connectivity index (χ3n) is 7.12. The number of hydrazone groups is 1. The Morgan fingerprint density at radius 3 is 2.43 bits per heavy atom. The maximum atomic E-state index is 6.61. The van der Waals surface area contributed by atoms with Crippen LogP contribution in [0.2, 0.25) is 10.0 Å². The number of halogens is 2. The zero-order valence-corrected chi connectivity index (χ0v) is 23.1. The predicted molar refractivity (Wildman–Crippen MR) is 152 cm³/mol. The van der Waals surface area contributed by atoms with Gasteiger partial charge in [0.25, 0.3) is 0 Å². The number of benzene rings is 3. The molecule has 2 atom stereocenters. The molecule has 0 fully saturated rings. The molecule has 0 amide bonds. The SMILES string of the molecule is CCCCCCCCOc1ccc(C2Oc3c(Cl)cc(Cl)cc3C3CC(c4ccc(C)cc4)=NN32)cc1. The number of rotatable bonds is 10. The molecule has 194 valence electrons. The summed E-state index contributed by atoms with van der Waals surface area (Å²) < 4.78 is 12.5. The molecule has 0 radical (unpaired) electrons. The van der Waals surface area contributed by atoms with Crippen molar-refractivity contribution in [3.05, 3.63) is 93.0 Å². The molecule has 5 rings (SSSR count). The second-order valence-electron chi connectivity index (χ2n) is 9.97. The molecule has 4 nitrogen and oxygen atoms in total. The van der Waals surface area contributed by atoms with Gasteiger partial charge in [0, 0.05) is 22.6 Å². The lowest BCUT2D eigenvalue weighted by Gasteiger charge is -2.38. The van der Waals surface area contributed by atoms with Crippen molar-refractivity contribution in [3.63, 3.8) is 0 Å². The average molecular weight is 538 g/mol. The van der Waals surface area contributed by atoms with Gasteiger partial charge in [0.15, 0.2) is 0 Å². The summed E-state index contributed by atoms with van der Waals surface area (Å²) in [5.74, 6) is 1.56. The van der Waals surface area contributed by atoms with Gasteiger partial charge in [0.1, 0.15) is 11.5 Å². The number of unbranched alkanes of at least 4 members (excludes halogenated alkanes) is 5. The normalized spacial score (nSPS) is 18.2. The number of hydrogen-bond donors (Lipinski definition) is 0. The van der Waals surface area contributed by atoms with Crippen LogP contribution >= 0.6 is 23.2 Å². The standard InChI is InChI=1S/C31H34Cl2N2O2/c1-3-4-5-6-7-8-17-36-25-15-13-23(14-16-25)31-35-29(26-18-24(32)19-27(33)30(26)37-31)20-28(34-35)22-11-9-21(2)10-12-22/h9-16,18-19,29,31H,3-8,17,20H2,1-2H3. The lowest BCUT2D eigenvalue weighted by Crippen LogP contribution is -2.33. The minimum Gasteiger partial charge on any atom is -0.494 e. The third-order valence-corrected chi connectivity index (χ3v) is 7.62. The number of ether oxygens (including phenoxy) is 2. The lowest BCUT2D eigenvalue weighted by atomic mass is 9.95. The summed E-state index contributed by atoms with van der Waals surface area (Å²) in [5.41, 5.74) is 5.35. The molecule has 0 saturated carbocycles. The van der Waals surface area contributed by atoms with Crippen molar-refractivity contribution in [2.75, 3.05) is 6.61 Å². The zero-order valence-electron chi connectivity index (χ0n) is 21.6. The Bertz CT molecular complexity index is 1240. The topological polar surface area (TPSA) is 34.1 Å². The fourth-order valence-electron chi connectivity index (χ4n) is 5.06. The summed E-state index contributed by atoms with van der Waals surface area (Å²) in [6.45, 7) is 5.08. The number of hydrogen-bond acceptors (Lipinski definition) is 4. The summed E-state index contributed by atoms with van der Waals surface area (Å²) in [7, 11) is 0. The van der Waals surface area contributed by atoms with E-state index in [1.165, 1.54) is 37.7 Å². The van der Waals surface area contributed by atoms with E-state index in [1.54, 1.807) is 6.07 Å². The lowest BCUT2D eigenvalue weighted by molar-refractivity contribution is -0.0189. The molecule has 0 spiro atoms. The van der Waals surface area contributed by atoms with Crippen molar-refractivity contribution in [2.45, 2.75) is 71.1 Å². The second-order valence-corrected chi connectivity index (χ2v) is 10.8. The Morgan fingerprint density at radius 2 is 1.68 bits per heavy atom. The van der Waals surface area contributed by atoms with E-state index in [2.05, 4.69) is 55.3 Å². The van der Waals surface area contributed by atoms with Gasteiger partial charge in [-0.2, -0.15) is 5.10 Å². The molecule has 2 aliphatic rings. The average Bonchev–Trinajstić information content (AvgIpc) is 3.35. The highest BCUT2D eigenvalue weighted by atomic mass is 35.5.